The summed E-state index contributed by atoms with van der Waals surface area (Å²) < 4.78 is 6.92. The van der Waals surface area contributed by atoms with Gasteiger partial charge in [0.15, 0.2) is 29.5 Å². The number of aromatic nitrogens is 4. The second-order valence-corrected chi connectivity index (χ2v) is 5.47. The third-order valence-electron chi connectivity index (χ3n) is 3.85. The monoisotopic (exact) mass is 341 g/mol. The molecule has 0 aromatic carbocycles. The molecule has 1 saturated heterocycles. The van der Waals surface area contributed by atoms with Crippen LogP contribution in [-0.4, -0.2) is 82.8 Å². The van der Waals surface area contributed by atoms with Crippen LogP contribution in [0.5, 0.6) is 0 Å². The van der Waals surface area contributed by atoms with Crippen molar-refractivity contribution < 1.29 is 30.3 Å². The van der Waals surface area contributed by atoms with Crippen LogP contribution in [0.25, 0.3) is 11.2 Å². The summed E-state index contributed by atoms with van der Waals surface area (Å²) in [6.07, 6.45) is -2.92. The molecule has 0 amide bonds. The lowest BCUT2D eigenvalue weighted by atomic mass is 10.1. The third kappa shape index (κ3) is 3.05. The zero-order valence-corrected chi connectivity index (χ0v) is 12.6. The predicted octanol–water partition coefficient (Wildman–Crippen LogP) is -2.45. The number of fused-ring (bicyclic) bond motifs is 1. The van der Waals surface area contributed by atoms with Crippen molar-refractivity contribution in [2.45, 2.75) is 37.3 Å². The highest BCUT2D eigenvalue weighted by atomic mass is 16.6. The van der Waals surface area contributed by atoms with Gasteiger partial charge in [-0.15, -0.1) is 0 Å². The van der Waals surface area contributed by atoms with E-state index >= 15 is 0 Å². The van der Waals surface area contributed by atoms with Gasteiger partial charge >= 0.3 is 0 Å². The van der Waals surface area contributed by atoms with Gasteiger partial charge in [-0.3, -0.25) is 4.57 Å². The van der Waals surface area contributed by atoms with E-state index in [1.165, 1.54) is 17.2 Å². The minimum absolute atomic E-state index is 0.112. The maximum atomic E-state index is 10.1. The largest absolute Gasteiger partial charge is 0.394 e. The van der Waals surface area contributed by atoms with Crippen molar-refractivity contribution in [3.63, 3.8) is 0 Å². The van der Waals surface area contributed by atoms with Crippen LogP contribution < -0.4 is 5.32 Å². The normalized spacial score (nSPS) is 27.2. The molecule has 6 N–H and O–H groups in total. The molecular formula is C13H19N5O6. The van der Waals surface area contributed by atoms with Gasteiger partial charge in [0.1, 0.15) is 24.6 Å². The highest BCUT2D eigenvalue weighted by Gasteiger charge is 2.44. The molecule has 24 heavy (non-hydrogen) atoms. The molecule has 0 unspecified atom stereocenters. The number of aliphatic hydroxyl groups excluding tert-OH is 4. The Balaban J connectivity index is 1.86. The Morgan fingerprint density at radius 1 is 1.21 bits per heavy atom. The van der Waals surface area contributed by atoms with Crippen LogP contribution in [0.2, 0.25) is 0 Å². The van der Waals surface area contributed by atoms with Crippen molar-refractivity contribution in [3.05, 3.63) is 12.7 Å². The fourth-order valence-corrected chi connectivity index (χ4v) is 2.60. The number of aliphatic hydroxyl groups is 5. The Kier molecular flexibility index (Phi) is 4.89. The molecule has 3 heterocycles. The lowest BCUT2D eigenvalue weighted by Crippen LogP contribution is -2.33. The van der Waals surface area contributed by atoms with Crippen molar-refractivity contribution in [1.82, 2.24) is 19.5 Å². The summed E-state index contributed by atoms with van der Waals surface area (Å²) in [5, 5.41) is 49.8. The van der Waals surface area contributed by atoms with E-state index in [4.69, 9.17) is 14.9 Å². The summed E-state index contributed by atoms with van der Waals surface area (Å²) in [4.78, 5) is 12.4. The number of ether oxygens (including phenoxy) is 1. The van der Waals surface area contributed by atoms with E-state index in [0.717, 1.165) is 0 Å². The Hall–Kier alpha value is -1.89. The Morgan fingerprint density at radius 2 is 2.00 bits per heavy atom. The van der Waals surface area contributed by atoms with Crippen LogP contribution in [0.15, 0.2) is 12.7 Å². The molecule has 11 nitrogen and oxygen atoms in total. The minimum atomic E-state index is -1.42. The summed E-state index contributed by atoms with van der Waals surface area (Å²) in [6, 6.07) is 0. The first-order valence-corrected chi connectivity index (χ1v) is 7.43. The van der Waals surface area contributed by atoms with Crippen LogP contribution >= 0.6 is 0 Å². The molecule has 3 rings (SSSR count). The lowest BCUT2D eigenvalue weighted by Gasteiger charge is -2.16. The number of nitrogens with zero attached hydrogens (tertiary/aromatic N) is 4. The third-order valence-corrected chi connectivity index (χ3v) is 3.85. The SMILES string of the molecule is OC[C@H]1O[C@@H](n2cnc3c(NCCC(O)O)ncnc32)[C@H](O)[C@@H]1O. The highest BCUT2D eigenvalue weighted by Crippen LogP contribution is 2.31. The number of hydrogen-bond acceptors (Lipinski definition) is 10. The maximum absolute atomic E-state index is 10.1. The van der Waals surface area contributed by atoms with Gasteiger partial charge in [-0.1, -0.05) is 0 Å². The Bertz CT molecular complexity index is 695. The molecule has 0 bridgehead atoms. The van der Waals surface area contributed by atoms with Crippen molar-refractivity contribution in [2.24, 2.45) is 0 Å². The van der Waals surface area contributed by atoms with E-state index < -0.39 is 37.4 Å². The highest BCUT2D eigenvalue weighted by molar-refractivity contribution is 5.82. The fourth-order valence-electron chi connectivity index (χ4n) is 2.60. The quantitative estimate of drug-likeness (QED) is 0.310. The van der Waals surface area contributed by atoms with Gasteiger partial charge < -0.3 is 35.6 Å². The average Bonchev–Trinajstić information content (AvgIpc) is 3.10. The van der Waals surface area contributed by atoms with E-state index in [-0.39, 0.29) is 13.0 Å². The Labute approximate surface area is 136 Å². The molecule has 2 aromatic rings. The first kappa shape index (κ1) is 17.0. The molecule has 0 aliphatic carbocycles. The van der Waals surface area contributed by atoms with E-state index in [2.05, 4.69) is 20.3 Å². The molecule has 1 fully saturated rings. The predicted molar refractivity (Wildman–Crippen MR) is 79.7 cm³/mol. The van der Waals surface area contributed by atoms with Gasteiger partial charge in [-0.05, 0) is 0 Å². The first-order chi connectivity index (χ1) is 11.5. The lowest BCUT2D eigenvalue weighted by molar-refractivity contribution is -0.0511. The van der Waals surface area contributed by atoms with Crippen LogP contribution in [0.1, 0.15) is 12.6 Å². The summed E-state index contributed by atoms with van der Waals surface area (Å²) in [5.41, 5.74) is 0.773. The number of rotatable bonds is 6. The molecule has 0 saturated carbocycles. The van der Waals surface area contributed by atoms with Crippen LogP contribution in [0, 0.1) is 0 Å². The van der Waals surface area contributed by atoms with Gasteiger partial charge in [0.2, 0.25) is 0 Å². The standard InChI is InChI=1S/C13H19N5O6/c19-3-6-9(22)10(23)13(24-6)18-5-17-8-11(14-2-1-7(20)21)15-4-16-12(8)18/h4-7,9-10,13,19-23H,1-3H2,(H,14,15,16)/t6-,9-,10-,13-/m1/s1. The van der Waals surface area contributed by atoms with E-state index in [1.54, 1.807) is 0 Å². The fraction of sp³-hybridized carbons (Fsp3) is 0.615. The van der Waals surface area contributed by atoms with Gasteiger partial charge in [0.25, 0.3) is 0 Å². The zero-order valence-electron chi connectivity index (χ0n) is 12.6. The number of imidazole rings is 1. The van der Waals surface area contributed by atoms with Crippen molar-refractivity contribution in [3.8, 4) is 0 Å². The molecule has 1 aliphatic heterocycles. The van der Waals surface area contributed by atoms with E-state index in [9.17, 15) is 15.3 Å². The van der Waals surface area contributed by atoms with Crippen molar-refractivity contribution in [1.29, 1.82) is 0 Å². The summed E-state index contributed by atoms with van der Waals surface area (Å²) >= 11 is 0. The summed E-state index contributed by atoms with van der Waals surface area (Å²) in [6.45, 7) is -0.156. The Morgan fingerprint density at radius 3 is 2.67 bits per heavy atom. The van der Waals surface area contributed by atoms with E-state index in [0.29, 0.717) is 17.0 Å². The second kappa shape index (κ2) is 6.93. The number of hydrogen-bond donors (Lipinski definition) is 6. The molecule has 11 heteroatoms. The van der Waals surface area contributed by atoms with Crippen LogP contribution in [0.3, 0.4) is 0 Å². The molecule has 2 aromatic heterocycles. The van der Waals surface area contributed by atoms with Crippen molar-refractivity contribution >= 4 is 17.0 Å². The second-order valence-electron chi connectivity index (χ2n) is 5.47. The molecule has 132 valence electrons. The van der Waals surface area contributed by atoms with Gasteiger partial charge in [-0.2, -0.15) is 0 Å². The molecule has 1 aliphatic rings. The first-order valence-electron chi connectivity index (χ1n) is 7.43. The van der Waals surface area contributed by atoms with E-state index in [1.807, 2.05) is 0 Å². The van der Waals surface area contributed by atoms with Gasteiger partial charge in [0, 0.05) is 13.0 Å². The number of anilines is 1. The van der Waals surface area contributed by atoms with Crippen LogP contribution in [-0.2, 0) is 4.74 Å². The molecule has 4 atom stereocenters. The average molecular weight is 341 g/mol. The maximum Gasteiger partial charge on any atom is 0.167 e. The molecular weight excluding hydrogens is 322 g/mol. The smallest absolute Gasteiger partial charge is 0.167 e. The minimum Gasteiger partial charge on any atom is -0.394 e. The van der Waals surface area contributed by atoms with Gasteiger partial charge in [0.05, 0.1) is 12.9 Å². The zero-order chi connectivity index (χ0) is 17.3. The summed E-state index contributed by atoms with van der Waals surface area (Å²) in [5.74, 6) is 0.395. The number of nitrogens with one attached hydrogen (secondary N) is 1. The topological polar surface area (TPSA) is 166 Å². The summed E-state index contributed by atoms with van der Waals surface area (Å²) in [7, 11) is 0. The van der Waals surface area contributed by atoms with Crippen molar-refractivity contribution in [2.75, 3.05) is 18.5 Å². The van der Waals surface area contributed by atoms with Gasteiger partial charge in [-0.25, -0.2) is 15.0 Å². The van der Waals surface area contributed by atoms with Crippen LogP contribution in [0.4, 0.5) is 5.82 Å². The molecule has 0 radical (unpaired) electrons. The molecule has 0 spiro atoms.